The number of sulfonamides is 1. The average Bonchev–Trinajstić information content (AvgIpc) is 2.69. The van der Waals surface area contributed by atoms with Gasteiger partial charge < -0.3 is 4.74 Å². The lowest BCUT2D eigenvalue weighted by atomic mass is 10.1. The molecule has 30 heavy (non-hydrogen) atoms. The minimum Gasteiger partial charge on any atom is -0.484 e. The second-order valence-electron chi connectivity index (χ2n) is 6.94. The van der Waals surface area contributed by atoms with Crippen LogP contribution < -0.4 is 20.3 Å². The van der Waals surface area contributed by atoms with E-state index in [9.17, 15) is 18.0 Å². The van der Waals surface area contributed by atoms with Crippen LogP contribution in [0.1, 0.15) is 19.4 Å². The fraction of sp³-hybridized carbons (Fsp3) is 0.300. The Bertz CT molecular complexity index is 994. The Hall–Kier alpha value is -2.62. The smallest absolute Gasteiger partial charge is 0.276 e. The van der Waals surface area contributed by atoms with Crippen LogP contribution in [0.2, 0.25) is 5.02 Å². The fourth-order valence-corrected chi connectivity index (χ4v) is 3.91. The van der Waals surface area contributed by atoms with Crippen molar-refractivity contribution in [2.45, 2.75) is 31.7 Å². The summed E-state index contributed by atoms with van der Waals surface area (Å²) in [7, 11) is -3.96. The van der Waals surface area contributed by atoms with Crippen LogP contribution in [0.25, 0.3) is 0 Å². The van der Waals surface area contributed by atoms with Crippen molar-refractivity contribution in [2.75, 3.05) is 6.61 Å². The highest BCUT2D eigenvalue weighted by molar-refractivity contribution is 7.89. The Morgan fingerprint density at radius 1 is 1.07 bits per heavy atom. The first-order valence-corrected chi connectivity index (χ1v) is 11.0. The lowest BCUT2D eigenvalue weighted by Crippen LogP contribution is -2.54. The summed E-state index contributed by atoms with van der Waals surface area (Å²) >= 11 is 5.78. The number of carbonyl (C=O) groups is 2. The third kappa shape index (κ3) is 7.01. The second-order valence-corrected chi connectivity index (χ2v) is 9.09. The molecule has 1 atom stereocenters. The standard InChI is InChI=1S/C20H24ClN3O5S/c1-13(2)19(24-30(27,28)17-9-7-15(21)8-10-17)20(26)23-22-18(25)12-29-16-6-4-5-14(3)11-16/h4-11,13,19,24H,12H2,1-3H3,(H,22,25)(H,23,26)/t19-/m0/s1. The molecule has 2 aromatic rings. The maximum Gasteiger partial charge on any atom is 0.276 e. The highest BCUT2D eigenvalue weighted by atomic mass is 35.5. The maximum atomic E-state index is 12.5. The number of amides is 2. The molecule has 0 heterocycles. The van der Waals surface area contributed by atoms with Gasteiger partial charge in [-0.25, -0.2) is 8.42 Å². The Kier molecular flexibility index (Phi) is 8.22. The van der Waals surface area contributed by atoms with Crippen LogP contribution in [-0.4, -0.2) is 32.9 Å². The molecule has 0 aliphatic heterocycles. The van der Waals surface area contributed by atoms with Crippen molar-refractivity contribution in [1.82, 2.24) is 15.6 Å². The monoisotopic (exact) mass is 453 g/mol. The average molecular weight is 454 g/mol. The number of aryl methyl sites for hydroxylation is 1. The highest BCUT2D eigenvalue weighted by Crippen LogP contribution is 2.16. The predicted octanol–water partition coefficient (Wildman–Crippen LogP) is 2.18. The van der Waals surface area contributed by atoms with Gasteiger partial charge in [0, 0.05) is 5.02 Å². The number of hydrogen-bond acceptors (Lipinski definition) is 5. The van der Waals surface area contributed by atoms with Gasteiger partial charge in [0.25, 0.3) is 11.8 Å². The molecule has 2 aromatic carbocycles. The summed E-state index contributed by atoms with van der Waals surface area (Å²) in [5.74, 6) is -1.15. The largest absolute Gasteiger partial charge is 0.484 e. The van der Waals surface area contributed by atoms with Gasteiger partial charge in [-0.2, -0.15) is 4.72 Å². The van der Waals surface area contributed by atoms with Gasteiger partial charge in [-0.1, -0.05) is 37.6 Å². The van der Waals surface area contributed by atoms with Crippen LogP contribution in [0.15, 0.2) is 53.4 Å². The Labute approximate surface area is 181 Å². The number of benzene rings is 2. The summed E-state index contributed by atoms with van der Waals surface area (Å²) < 4.78 is 32.8. The van der Waals surface area contributed by atoms with E-state index in [2.05, 4.69) is 15.6 Å². The molecule has 3 N–H and O–H groups in total. The Balaban J connectivity index is 1.93. The van der Waals surface area contributed by atoms with Crippen molar-refractivity contribution >= 4 is 33.4 Å². The quantitative estimate of drug-likeness (QED) is 0.530. The topological polar surface area (TPSA) is 114 Å². The number of halogens is 1. The molecule has 0 aliphatic rings. The van der Waals surface area contributed by atoms with Crippen molar-refractivity contribution < 1.29 is 22.7 Å². The van der Waals surface area contributed by atoms with E-state index in [4.69, 9.17) is 16.3 Å². The van der Waals surface area contributed by atoms with Gasteiger partial charge in [-0.15, -0.1) is 0 Å². The van der Waals surface area contributed by atoms with E-state index in [0.717, 1.165) is 5.56 Å². The van der Waals surface area contributed by atoms with Gasteiger partial charge in [-0.3, -0.25) is 20.4 Å². The SMILES string of the molecule is Cc1cccc(OCC(=O)NNC(=O)[C@@H](NS(=O)(=O)c2ccc(Cl)cc2)C(C)C)c1. The highest BCUT2D eigenvalue weighted by Gasteiger charge is 2.28. The van der Waals surface area contributed by atoms with Crippen molar-refractivity contribution in [2.24, 2.45) is 5.92 Å². The molecular weight excluding hydrogens is 430 g/mol. The molecule has 2 rings (SSSR count). The number of hydrazine groups is 1. The van der Waals surface area contributed by atoms with Gasteiger partial charge in [0.15, 0.2) is 6.61 Å². The molecule has 10 heteroatoms. The summed E-state index contributed by atoms with van der Waals surface area (Å²) in [6.07, 6.45) is 0. The molecule has 0 aromatic heterocycles. The lowest BCUT2D eigenvalue weighted by molar-refractivity contribution is -0.131. The van der Waals surface area contributed by atoms with Crippen molar-refractivity contribution in [3.05, 3.63) is 59.1 Å². The van der Waals surface area contributed by atoms with Crippen LogP contribution in [0.4, 0.5) is 0 Å². The summed E-state index contributed by atoms with van der Waals surface area (Å²) in [6.45, 7) is 4.94. The molecule has 0 fully saturated rings. The number of carbonyl (C=O) groups excluding carboxylic acids is 2. The van der Waals surface area contributed by atoms with Gasteiger partial charge in [0.1, 0.15) is 11.8 Å². The first kappa shape index (κ1) is 23.7. The van der Waals surface area contributed by atoms with Gasteiger partial charge in [0.2, 0.25) is 10.0 Å². The Morgan fingerprint density at radius 2 is 1.73 bits per heavy atom. The van der Waals surface area contributed by atoms with Crippen molar-refractivity contribution in [3.63, 3.8) is 0 Å². The van der Waals surface area contributed by atoms with E-state index in [0.29, 0.717) is 10.8 Å². The number of ether oxygens (including phenoxy) is 1. The summed E-state index contributed by atoms with van der Waals surface area (Å²) in [5.41, 5.74) is 5.43. The van der Waals surface area contributed by atoms with Crippen LogP contribution in [0.3, 0.4) is 0 Å². The van der Waals surface area contributed by atoms with Crippen molar-refractivity contribution in [1.29, 1.82) is 0 Å². The molecule has 0 saturated heterocycles. The molecule has 0 bridgehead atoms. The lowest BCUT2D eigenvalue weighted by Gasteiger charge is -2.21. The van der Waals surface area contributed by atoms with Crippen molar-refractivity contribution in [3.8, 4) is 5.75 Å². The molecular formula is C20H24ClN3O5S. The van der Waals surface area contributed by atoms with E-state index in [1.807, 2.05) is 13.0 Å². The third-order valence-corrected chi connectivity index (χ3v) is 5.75. The minimum atomic E-state index is -3.96. The van der Waals surface area contributed by atoms with Crippen LogP contribution in [-0.2, 0) is 19.6 Å². The molecule has 0 spiro atoms. The van der Waals surface area contributed by atoms with Crippen LogP contribution in [0, 0.1) is 12.8 Å². The normalized spacial score (nSPS) is 12.3. The van der Waals surface area contributed by atoms with E-state index < -0.39 is 27.9 Å². The van der Waals surface area contributed by atoms with E-state index in [-0.39, 0.29) is 17.4 Å². The molecule has 8 nitrogen and oxygen atoms in total. The maximum absolute atomic E-state index is 12.5. The predicted molar refractivity (Wildman–Crippen MR) is 113 cm³/mol. The van der Waals surface area contributed by atoms with Gasteiger partial charge >= 0.3 is 0 Å². The van der Waals surface area contributed by atoms with E-state index in [1.54, 1.807) is 32.0 Å². The summed E-state index contributed by atoms with van der Waals surface area (Å²) in [6, 6.07) is 11.6. The summed E-state index contributed by atoms with van der Waals surface area (Å²) in [4.78, 5) is 24.4. The van der Waals surface area contributed by atoms with Gasteiger partial charge in [0.05, 0.1) is 4.90 Å². The van der Waals surface area contributed by atoms with Gasteiger partial charge in [-0.05, 0) is 54.8 Å². The molecule has 0 unspecified atom stereocenters. The molecule has 162 valence electrons. The third-order valence-electron chi connectivity index (χ3n) is 4.04. The zero-order valence-electron chi connectivity index (χ0n) is 16.8. The zero-order chi connectivity index (χ0) is 22.3. The molecule has 2 amide bonds. The molecule has 0 radical (unpaired) electrons. The Morgan fingerprint density at radius 3 is 2.33 bits per heavy atom. The second kappa shape index (κ2) is 10.4. The van der Waals surface area contributed by atoms with E-state index in [1.165, 1.54) is 24.3 Å². The number of hydrogen-bond donors (Lipinski definition) is 3. The first-order valence-electron chi connectivity index (χ1n) is 9.14. The van der Waals surface area contributed by atoms with Crippen LogP contribution >= 0.6 is 11.6 Å². The van der Waals surface area contributed by atoms with Crippen LogP contribution in [0.5, 0.6) is 5.75 Å². The van der Waals surface area contributed by atoms with E-state index >= 15 is 0 Å². The first-order chi connectivity index (χ1) is 14.1. The number of rotatable bonds is 8. The summed E-state index contributed by atoms with van der Waals surface area (Å²) in [5, 5.41) is 0.391. The zero-order valence-corrected chi connectivity index (χ0v) is 18.4. The number of nitrogens with one attached hydrogen (secondary N) is 3. The fourth-order valence-electron chi connectivity index (χ4n) is 2.44. The molecule has 0 aliphatic carbocycles. The molecule has 0 saturated carbocycles. The minimum absolute atomic E-state index is 0.0269.